The number of ether oxygens (including phenoxy) is 1. The normalized spacial score (nSPS) is 25.1. The van der Waals surface area contributed by atoms with E-state index in [1.807, 2.05) is 38.2 Å². The highest BCUT2D eigenvalue weighted by Gasteiger charge is 2.43. The summed E-state index contributed by atoms with van der Waals surface area (Å²) in [6.07, 6.45) is 5.94. The molecule has 2 aliphatic heterocycles. The maximum absolute atomic E-state index is 12.8. The standard InChI is InChI=1S/C21H27N5O3/c1-15(26-14-22-13-23-26)11-19(27)24-17-12-21(8-7-20(28)25(2)10-9-21)29-18-6-4-3-5-16(17)18/h3-6,13-15,17H,7-12H2,1-2H3,(H,24,27)/t15-,17-,21-/m1/s1. The number of hydrogen-bond donors (Lipinski definition) is 1. The largest absolute Gasteiger partial charge is 0.487 e. The van der Waals surface area contributed by atoms with Crippen LogP contribution in [-0.2, 0) is 9.59 Å². The Morgan fingerprint density at radius 2 is 2.21 bits per heavy atom. The molecule has 8 nitrogen and oxygen atoms in total. The highest BCUT2D eigenvalue weighted by molar-refractivity contribution is 5.77. The van der Waals surface area contributed by atoms with E-state index in [1.165, 1.54) is 6.33 Å². The maximum Gasteiger partial charge on any atom is 0.222 e. The quantitative estimate of drug-likeness (QED) is 0.855. The first-order chi connectivity index (χ1) is 14.0. The molecule has 2 aliphatic rings. The lowest BCUT2D eigenvalue weighted by Crippen LogP contribution is -2.46. The van der Waals surface area contributed by atoms with Crippen molar-refractivity contribution < 1.29 is 14.3 Å². The van der Waals surface area contributed by atoms with Gasteiger partial charge in [-0.3, -0.25) is 9.59 Å². The Balaban J connectivity index is 1.52. The Hall–Kier alpha value is -2.90. The molecule has 1 spiro atoms. The number of carbonyl (C=O) groups excluding carboxylic acids is 2. The summed E-state index contributed by atoms with van der Waals surface area (Å²) in [4.78, 5) is 30.7. The van der Waals surface area contributed by atoms with Crippen LogP contribution < -0.4 is 10.1 Å². The molecule has 4 rings (SSSR count). The third-order valence-electron chi connectivity index (χ3n) is 6.02. The van der Waals surface area contributed by atoms with Crippen molar-refractivity contribution in [2.24, 2.45) is 0 Å². The summed E-state index contributed by atoms with van der Waals surface area (Å²) >= 11 is 0. The molecular formula is C21H27N5O3. The number of fused-ring (bicyclic) bond motifs is 1. The second-order valence-electron chi connectivity index (χ2n) is 8.14. The van der Waals surface area contributed by atoms with E-state index in [1.54, 1.807) is 15.9 Å². The third-order valence-corrected chi connectivity index (χ3v) is 6.02. The van der Waals surface area contributed by atoms with Gasteiger partial charge in [0.1, 0.15) is 24.0 Å². The minimum atomic E-state index is -0.440. The first-order valence-electron chi connectivity index (χ1n) is 10.1. The van der Waals surface area contributed by atoms with E-state index < -0.39 is 5.60 Å². The highest BCUT2D eigenvalue weighted by Crippen LogP contribution is 2.44. The molecule has 1 N–H and O–H groups in total. The fourth-order valence-corrected chi connectivity index (χ4v) is 4.26. The van der Waals surface area contributed by atoms with Gasteiger partial charge < -0.3 is 15.0 Å². The topological polar surface area (TPSA) is 89.4 Å². The van der Waals surface area contributed by atoms with Gasteiger partial charge in [0.15, 0.2) is 0 Å². The van der Waals surface area contributed by atoms with E-state index in [0.717, 1.165) is 17.7 Å². The number of likely N-dealkylation sites (tertiary alicyclic amines) is 1. The van der Waals surface area contributed by atoms with Gasteiger partial charge in [-0.25, -0.2) is 9.67 Å². The second kappa shape index (κ2) is 7.85. The smallest absolute Gasteiger partial charge is 0.222 e. The number of nitrogens with one attached hydrogen (secondary N) is 1. The van der Waals surface area contributed by atoms with Gasteiger partial charge in [-0.15, -0.1) is 0 Å². The molecule has 0 radical (unpaired) electrons. The van der Waals surface area contributed by atoms with Crippen LogP contribution in [-0.4, -0.2) is 50.7 Å². The molecule has 1 aromatic heterocycles. The molecule has 3 heterocycles. The van der Waals surface area contributed by atoms with Crippen molar-refractivity contribution in [2.75, 3.05) is 13.6 Å². The van der Waals surface area contributed by atoms with E-state index in [-0.39, 0.29) is 23.9 Å². The SMILES string of the molecule is C[C@H](CC(=O)N[C@@H]1C[C@]2(CCC(=O)N(C)CC2)Oc2ccccc21)n1cncn1. The summed E-state index contributed by atoms with van der Waals surface area (Å²) < 4.78 is 8.12. The van der Waals surface area contributed by atoms with Crippen LogP contribution in [0.25, 0.3) is 0 Å². The fraction of sp³-hybridized carbons (Fsp3) is 0.524. The predicted octanol–water partition coefficient (Wildman–Crippen LogP) is 2.25. The molecule has 2 amide bonds. The molecule has 0 aliphatic carbocycles. The van der Waals surface area contributed by atoms with E-state index in [0.29, 0.717) is 32.2 Å². The average Bonchev–Trinajstić information content (AvgIpc) is 3.21. The molecular weight excluding hydrogens is 370 g/mol. The Labute approximate surface area is 170 Å². The number of para-hydroxylation sites is 1. The van der Waals surface area contributed by atoms with E-state index in [2.05, 4.69) is 15.4 Å². The van der Waals surface area contributed by atoms with Gasteiger partial charge in [0.25, 0.3) is 0 Å². The van der Waals surface area contributed by atoms with E-state index in [9.17, 15) is 9.59 Å². The summed E-state index contributed by atoms with van der Waals surface area (Å²) in [5.74, 6) is 0.906. The Morgan fingerprint density at radius 3 is 3.00 bits per heavy atom. The zero-order valence-corrected chi connectivity index (χ0v) is 16.9. The van der Waals surface area contributed by atoms with Gasteiger partial charge >= 0.3 is 0 Å². The van der Waals surface area contributed by atoms with Crippen LogP contribution in [0.3, 0.4) is 0 Å². The van der Waals surface area contributed by atoms with E-state index in [4.69, 9.17) is 4.74 Å². The van der Waals surface area contributed by atoms with Gasteiger partial charge in [0.05, 0.1) is 12.1 Å². The minimum absolute atomic E-state index is 0.0355. The summed E-state index contributed by atoms with van der Waals surface area (Å²) in [5, 5.41) is 7.32. The van der Waals surface area contributed by atoms with Crippen molar-refractivity contribution in [2.45, 2.75) is 56.7 Å². The number of rotatable bonds is 4. The van der Waals surface area contributed by atoms with Crippen LogP contribution in [0.4, 0.5) is 0 Å². The third kappa shape index (κ3) is 4.11. The van der Waals surface area contributed by atoms with Crippen molar-refractivity contribution in [3.63, 3.8) is 0 Å². The van der Waals surface area contributed by atoms with Gasteiger partial charge in [0.2, 0.25) is 11.8 Å². The van der Waals surface area contributed by atoms with Gasteiger partial charge in [-0.05, 0) is 19.4 Å². The van der Waals surface area contributed by atoms with Crippen LogP contribution in [0.5, 0.6) is 5.75 Å². The minimum Gasteiger partial charge on any atom is -0.487 e. The Morgan fingerprint density at radius 1 is 1.38 bits per heavy atom. The van der Waals surface area contributed by atoms with Crippen molar-refractivity contribution in [3.8, 4) is 5.75 Å². The number of hydrogen-bond acceptors (Lipinski definition) is 5. The molecule has 1 saturated heterocycles. The molecule has 8 heteroatoms. The molecule has 3 atom stereocenters. The maximum atomic E-state index is 12.8. The van der Waals surface area contributed by atoms with Gasteiger partial charge in [0, 0.05) is 44.8 Å². The van der Waals surface area contributed by atoms with Crippen LogP contribution in [0.1, 0.15) is 56.7 Å². The fourth-order valence-electron chi connectivity index (χ4n) is 4.26. The monoisotopic (exact) mass is 397 g/mol. The van der Waals surface area contributed by atoms with Crippen molar-refractivity contribution in [3.05, 3.63) is 42.5 Å². The number of aromatic nitrogens is 3. The van der Waals surface area contributed by atoms with Crippen LogP contribution >= 0.6 is 0 Å². The first kappa shape index (κ1) is 19.4. The summed E-state index contributed by atoms with van der Waals surface area (Å²) in [5.41, 5.74) is 0.549. The zero-order valence-electron chi connectivity index (χ0n) is 16.9. The van der Waals surface area contributed by atoms with Crippen molar-refractivity contribution in [1.82, 2.24) is 25.0 Å². The van der Waals surface area contributed by atoms with Crippen molar-refractivity contribution >= 4 is 11.8 Å². The molecule has 2 aromatic rings. The van der Waals surface area contributed by atoms with Crippen LogP contribution in [0.2, 0.25) is 0 Å². The summed E-state index contributed by atoms with van der Waals surface area (Å²) in [6.45, 7) is 2.60. The zero-order chi connectivity index (χ0) is 20.4. The predicted molar refractivity (Wildman–Crippen MR) is 106 cm³/mol. The summed E-state index contributed by atoms with van der Waals surface area (Å²) in [7, 11) is 1.84. The van der Waals surface area contributed by atoms with Crippen molar-refractivity contribution in [1.29, 1.82) is 0 Å². The first-order valence-corrected chi connectivity index (χ1v) is 10.1. The Bertz CT molecular complexity index is 884. The lowest BCUT2D eigenvalue weighted by Gasteiger charge is -2.42. The number of nitrogens with zero attached hydrogens (tertiary/aromatic N) is 4. The van der Waals surface area contributed by atoms with E-state index >= 15 is 0 Å². The molecule has 1 fully saturated rings. The molecule has 1 aromatic carbocycles. The average molecular weight is 397 g/mol. The lowest BCUT2D eigenvalue weighted by molar-refractivity contribution is -0.129. The number of carbonyl (C=O) groups is 2. The molecule has 0 saturated carbocycles. The number of amides is 2. The molecule has 0 unspecified atom stereocenters. The van der Waals surface area contributed by atoms with Crippen LogP contribution in [0.15, 0.2) is 36.9 Å². The van der Waals surface area contributed by atoms with Crippen LogP contribution in [0, 0.1) is 0 Å². The molecule has 0 bridgehead atoms. The lowest BCUT2D eigenvalue weighted by atomic mass is 9.82. The Kier molecular flexibility index (Phi) is 5.25. The molecule has 154 valence electrons. The summed E-state index contributed by atoms with van der Waals surface area (Å²) in [6, 6.07) is 7.63. The molecule has 29 heavy (non-hydrogen) atoms. The second-order valence-corrected chi connectivity index (χ2v) is 8.14. The van der Waals surface area contributed by atoms with Gasteiger partial charge in [-0.2, -0.15) is 5.10 Å². The van der Waals surface area contributed by atoms with Gasteiger partial charge in [-0.1, -0.05) is 18.2 Å². The highest BCUT2D eigenvalue weighted by atomic mass is 16.5. The number of benzene rings is 1.